The van der Waals surface area contributed by atoms with Crippen molar-refractivity contribution in [1.82, 2.24) is 5.32 Å². The quantitative estimate of drug-likeness (QED) is 0.771. The molecule has 1 unspecified atom stereocenters. The molecule has 86 valence electrons. The van der Waals surface area contributed by atoms with E-state index in [2.05, 4.69) is 5.32 Å². The zero-order chi connectivity index (χ0) is 11.8. The molecule has 0 aromatic heterocycles. The summed E-state index contributed by atoms with van der Waals surface area (Å²) in [6.45, 7) is 1.27. The first-order valence-electron chi connectivity index (χ1n) is 3.99. The maximum Gasteiger partial charge on any atom is 0.327 e. The fourth-order valence-electron chi connectivity index (χ4n) is 0.726. The molecular formula is C8H11Cl2NO3S. The topological polar surface area (TPSA) is 66.4 Å². The molecule has 0 saturated carbocycles. The highest BCUT2D eigenvalue weighted by Crippen LogP contribution is 2.13. The minimum Gasteiger partial charge on any atom is -0.480 e. The first-order valence-corrected chi connectivity index (χ1v) is 5.96. The first kappa shape index (κ1) is 14.6. The Balaban J connectivity index is 3.97. The number of halogens is 2. The van der Waals surface area contributed by atoms with Crippen LogP contribution in [0.25, 0.3) is 0 Å². The van der Waals surface area contributed by atoms with Crippen molar-refractivity contribution < 1.29 is 14.7 Å². The number of hydrogen-bond acceptors (Lipinski definition) is 3. The van der Waals surface area contributed by atoms with Gasteiger partial charge in [0.05, 0.1) is 0 Å². The third-order valence-corrected chi connectivity index (χ3v) is 3.18. The lowest BCUT2D eigenvalue weighted by Gasteiger charge is -2.12. The van der Waals surface area contributed by atoms with Gasteiger partial charge < -0.3 is 10.4 Å². The lowest BCUT2D eigenvalue weighted by Crippen LogP contribution is -2.41. The highest BCUT2D eigenvalue weighted by Gasteiger charge is 2.17. The molecule has 0 aromatic rings. The van der Waals surface area contributed by atoms with Gasteiger partial charge in [-0.1, -0.05) is 23.2 Å². The summed E-state index contributed by atoms with van der Waals surface area (Å²) in [4.78, 5) is 21.3. The van der Waals surface area contributed by atoms with Crippen LogP contribution in [-0.4, -0.2) is 34.5 Å². The molecule has 1 amide bonds. The molecule has 0 aromatic carbocycles. The number of hydrogen-bond donors (Lipinski definition) is 2. The number of carbonyl (C=O) groups excluding carboxylic acids is 1. The Morgan fingerprint density at radius 1 is 1.60 bits per heavy atom. The number of amides is 1. The van der Waals surface area contributed by atoms with Crippen molar-refractivity contribution in [3.8, 4) is 0 Å². The molecule has 0 aliphatic heterocycles. The van der Waals surface area contributed by atoms with Crippen LogP contribution in [0.1, 0.15) is 6.92 Å². The smallest absolute Gasteiger partial charge is 0.327 e. The fourth-order valence-corrected chi connectivity index (χ4v) is 1.98. The number of aliphatic carboxylic acids is 1. The van der Waals surface area contributed by atoms with Gasteiger partial charge in [-0.3, -0.25) is 4.79 Å². The van der Waals surface area contributed by atoms with E-state index >= 15 is 0 Å². The second-order valence-electron chi connectivity index (χ2n) is 2.66. The summed E-state index contributed by atoms with van der Waals surface area (Å²) >= 11 is 12.2. The van der Waals surface area contributed by atoms with E-state index in [-0.39, 0.29) is 11.7 Å². The third-order valence-electron chi connectivity index (χ3n) is 1.32. The largest absolute Gasteiger partial charge is 0.480 e. The van der Waals surface area contributed by atoms with E-state index < -0.39 is 12.0 Å². The van der Waals surface area contributed by atoms with Crippen molar-refractivity contribution in [2.45, 2.75) is 13.0 Å². The Hall–Kier alpha value is -0.390. The van der Waals surface area contributed by atoms with Gasteiger partial charge in [0.15, 0.2) is 0 Å². The van der Waals surface area contributed by atoms with Crippen LogP contribution in [0, 0.1) is 0 Å². The van der Waals surface area contributed by atoms with Crippen LogP contribution in [0.3, 0.4) is 0 Å². The van der Waals surface area contributed by atoms with E-state index in [0.717, 1.165) is 0 Å². The molecule has 0 heterocycles. The van der Waals surface area contributed by atoms with Crippen molar-refractivity contribution >= 4 is 46.8 Å². The van der Waals surface area contributed by atoms with Gasteiger partial charge in [-0.05, 0) is 0 Å². The van der Waals surface area contributed by atoms with Crippen molar-refractivity contribution in [3.05, 3.63) is 10.6 Å². The Labute approximate surface area is 102 Å². The predicted octanol–water partition coefficient (Wildman–Crippen LogP) is 1.63. The van der Waals surface area contributed by atoms with Gasteiger partial charge in [0, 0.05) is 29.0 Å². The second kappa shape index (κ2) is 7.84. The molecule has 0 saturated heterocycles. The molecule has 0 radical (unpaired) electrons. The highest BCUT2D eigenvalue weighted by atomic mass is 35.5. The Morgan fingerprint density at radius 2 is 2.20 bits per heavy atom. The lowest BCUT2D eigenvalue weighted by atomic mass is 10.3. The second-order valence-corrected chi connectivity index (χ2v) is 4.40. The van der Waals surface area contributed by atoms with Crippen LogP contribution >= 0.6 is 35.0 Å². The van der Waals surface area contributed by atoms with Crippen LogP contribution in [0.15, 0.2) is 10.6 Å². The summed E-state index contributed by atoms with van der Waals surface area (Å²) in [6.07, 6.45) is 0. The van der Waals surface area contributed by atoms with Gasteiger partial charge in [0.1, 0.15) is 6.04 Å². The van der Waals surface area contributed by atoms with E-state index in [4.69, 9.17) is 28.3 Å². The molecule has 15 heavy (non-hydrogen) atoms. The van der Waals surface area contributed by atoms with E-state index in [9.17, 15) is 9.59 Å². The maximum atomic E-state index is 10.7. The molecule has 2 N–H and O–H groups in total. The molecule has 1 atom stereocenters. The first-order chi connectivity index (χ1) is 6.97. The Morgan fingerprint density at radius 3 is 2.60 bits per heavy atom. The number of carboxylic acids is 1. The summed E-state index contributed by atoms with van der Waals surface area (Å²) in [5, 5.41) is 11.5. The molecule has 0 aliphatic rings. The van der Waals surface area contributed by atoms with Gasteiger partial charge >= 0.3 is 5.97 Å². The van der Waals surface area contributed by atoms with Crippen molar-refractivity contribution in [3.63, 3.8) is 0 Å². The molecule has 4 nitrogen and oxygen atoms in total. The molecular weight excluding hydrogens is 261 g/mol. The van der Waals surface area contributed by atoms with Gasteiger partial charge in [-0.25, -0.2) is 4.79 Å². The molecule has 0 fully saturated rings. The van der Waals surface area contributed by atoms with Gasteiger partial charge in [0.25, 0.3) is 0 Å². The monoisotopic (exact) mass is 271 g/mol. The number of rotatable bonds is 6. The van der Waals surface area contributed by atoms with Crippen molar-refractivity contribution in [2.75, 3.05) is 11.5 Å². The summed E-state index contributed by atoms with van der Waals surface area (Å²) in [5.41, 5.74) is 1.22. The SMILES string of the molecule is CC(=O)NC(CSCC(Cl)=CCl)C(=O)O. The van der Waals surface area contributed by atoms with Crippen molar-refractivity contribution in [1.29, 1.82) is 0 Å². The summed E-state index contributed by atoms with van der Waals surface area (Å²) in [6, 6.07) is -0.896. The number of carbonyl (C=O) groups is 2. The van der Waals surface area contributed by atoms with Crippen LogP contribution in [0.5, 0.6) is 0 Å². The standard InChI is InChI=1S/C8H11Cl2NO3S/c1-5(12)11-7(8(13)14)4-15-3-6(10)2-9/h2,7H,3-4H2,1H3,(H,11,12)(H,13,14). The fraction of sp³-hybridized carbons (Fsp3) is 0.500. The lowest BCUT2D eigenvalue weighted by molar-refractivity contribution is -0.140. The van der Waals surface area contributed by atoms with Crippen LogP contribution < -0.4 is 5.32 Å². The molecule has 0 rings (SSSR count). The maximum absolute atomic E-state index is 10.7. The van der Waals surface area contributed by atoms with E-state index in [0.29, 0.717) is 10.8 Å². The predicted molar refractivity (Wildman–Crippen MR) is 62.4 cm³/mol. The zero-order valence-corrected chi connectivity index (χ0v) is 10.3. The molecule has 0 spiro atoms. The molecule has 7 heteroatoms. The van der Waals surface area contributed by atoms with Gasteiger partial charge in [-0.15, -0.1) is 0 Å². The van der Waals surface area contributed by atoms with Crippen LogP contribution in [0.2, 0.25) is 0 Å². The number of carboxylic acid groups (broad SMARTS) is 1. The minimum atomic E-state index is -1.07. The van der Waals surface area contributed by atoms with E-state index in [1.807, 2.05) is 0 Å². The number of nitrogens with one attached hydrogen (secondary N) is 1. The highest BCUT2D eigenvalue weighted by molar-refractivity contribution is 7.99. The van der Waals surface area contributed by atoms with Crippen molar-refractivity contribution in [2.24, 2.45) is 0 Å². The summed E-state index contributed by atoms with van der Waals surface area (Å²) in [5.74, 6) is -0.768. The van der Waals surface area contributed by atoms with Crippen LogP contribution in [0.4, 0.5) is 0 Å². The minimum absolute atomic E-state index is 0.246. The Kier molecular flexibility index (Phi) is 7.64. The Bertz CT molecular complexity index is 271. The molecule has 0 bridgehead atoms. The average molecular weight is 272 g/mol. The number of thioether (sulfide) groups is 1. The third kappa shape index (κ3) is 7.53. The van der Waals surface area contributed by atoms with Crippen LogP contribution in [-0.2, 0) is 9.59 Å². The van der Waals surface area contributed by atoms with E-state index in [1.165, 1.54) is 24.2 Å². The summed E-state index contributed by atoms with van der Waals surface area (Å²) in [7, 11) is 0. The summed E-state index contributed by atoms with van der Waals surface area (Å²) < 4.78 is 0. The normalized spacial score (nSPS) is 13.4. The zero-order valence-electron chi connectivity index (χ0n) is 8.00. The van der Waals surface area contributed by atoms with Gasteiger partial charge in [0.2, 0.25) is 5.91 Å². The van der Waals surface area contributed by atoms with Gasteiger partial charge in [-0.2, -0.15) is 11.8 Å². The molecule has 0 aliphatic carbocycles. The average Bonchev–Trinajstić information content (AvgIpc) is 2.15. The van der Waals surface area contributed by atoms with E-state index in [1.54, 1.807) is 0 Å².